The van der Waals surface area contributed by atoms with Gasteiger partial charge in [0, 0.05) is 35.9 Å². The molecule has 2 aromatic carbocycles. The lowest BCUT2D eigenvalue weighted by Gasteiger charge is -2.34. The zero-order chi connectivity index (χ0) is 17.8. The van der Waals surface area contributed by atoms with Gasteiger partial charge in [0.05, 0.1) is 6.61 Å². The van der Waals surface area contributed by atoms with Crippen molar-refractivity contribution in [1.29, 1.82) is 0 Å². The summed E-state index contributed by atoms with van der Waals surface area (Å²) >= 11 is 0. The number of carbonyl (C=O) groups excluding carboxylic acids is 1. The van der Waals surface area contributed by atoms with Crippen LogP contribution in [0.5, 0.6) is 5.75 Å². The molecule has 1 fully saturated rings. The van der Waals surface area contributed by atoms with Gasteiger partial charge in [-0.25, -0.2) is 4.39 Å². The molecule has 3 N–H and O–H groups in total. The number of hydrogen-bond donors (Lipinski definition) is 3. The lowest BCUT2D eigenvalue weighted by Crippen LogP contribution is -2.44. The molecular formula is C19H21FN2O3. The first-order chi connectivity index (χ1) is 12.1. The van der Waals surface area contributed by atoms with E-state index in [-0.39, 0.29) is 30.1 Å². The summed E-state index contributed by atoms with van der Waals surface area (Å²) in [7, 11) is 0. The van der Waals surface area contributed by atoms with Crippen LogP contribution in [0.3, 0.4) is 0 Å². The highest BCUT2D eigenvalue weighted by Gasteiger charge is 2.22. The van der Waals surface area contributed by atoms with E-state index in [1.165, 1.54) is 30.3 Å². The van der Waals surface area contributed by atoms with E-state index in [4.69, 9.17) is 0 Å². The Balaban J connectivity index is 1.57. The van der Waals surface area contributed by atoms with Crippen molar-refractivity contribution in [2.24, 2.45) is 0 Å². The fourth-order valence-electron chi connectivity index (χ4n) is 3.08. The van der Waals surface area contributed by atoms with Crippen LogP contribution in [0.15, 0.2) is 42.5 Å². The van der Waals surface area contributed by atoms with Crippen molar-refractivity contribution in [3.63, 3.8) is 0 Å². The Morgan fingerprint density at radius 3 is 2.64 bits per heavy atom. The van der Waals surface area contributed by atoms with Crippen LogP contribution in [0.2, 0.25) is 0 Å². The van der Waals surface area contributed by atoms with Gasteiger partial charge in [-0.3, -0.25) is 4.79 Å². The van der Waals surface area contributed by atoms with Crippen LogP contribution in [-0.2, 0) is 6.61 Å². The second kappa shape index (κ2) is 7.53. The van der Waals surface area contributed by atoms with E-state index in [1.54, 1.807) is 6.07 Å². The molecule has 0 aromatic heterocycles. The van der Waals surface area contributed by atoms with Gasteiger partial charge >= 0.3 is 0 Å². The Bertz CT molecular complexity index is 758. The number of nitrogens with one attached hydrogen (secondary N) is 1. The minimum absolute atomic E-state index is 0.0255. The largest absolute Gasteiger partial charge is 0.508 e. The van der Waals surface area contributed by atoms with Crippen LogP contribution in [0.1, 0.15) is 28.8 Å². The molecule has 0 atom stereocenters. The Morgan fingerprint density at radius 1 is 1.20 bits per heavy atom. The molecule has 132 valence electrons. The van der Waals surface area contributed by atoms with Gasteiger partial charge in [0.2, 0.25) is 0 Å². The highest BCUT2D eigenvalue weighted by atomic mass is 19.1. The van der Waals surface area contributed by atoms with Crippen molar-refractivity contribution in [3.05, 3.63) is 59.4 Å². The van der Waals surface area contributed by atoms with Gasteiger partial charge in [-0.1, -0.05) is 6.07 Å². The number of benzene rings is 2. The molecule has 6 heteroatoms. The average molecular weight is 344 g/mol. The van der Waals surface area contributed by atoms with Crippen molar-refractivity contribution < 1.29 is 19.4 Å². The zero-order valence-electron chi connectivity index (χ0n) is 13.8. The predicted octanol–water partition coefficient (Wildman–Crippen LogP) is 2.42. The summed E-state index contributed by atoms with van der Waals surface area (Å²) in [6.07, 6.45) is 1.54. The fourth-order valence-corrected chi connectivity index (χ4v) is 3.08. The third-order valence-electron chi connectivity index (χ3n) is 4.52. The number of rotatable bonds is 4. The van der Waals surface area contributed by atoms with E-state index in [1.807, 2.05) is 6.07 Å². The minimum Gasteiger partial charge on any atom is -0.508 e. The predicted molar refractivity (Wildman–Crippen MR) is 93.1 cm³/mol. The summed E-state index contributed by atoms with van der Waals surface area (Å²) < 4.78 is 13.3. The summed E-state index contributed by atoms with van der Waals surface area (Å²) in [4.78, 5) is 14.5. The van der Waals surface area contributed by atoms with Crippen LogP contribution in [0.4, 0.5) is 10.1 Å². The van der Waals surface area contributed by atoms with Crippen molar-refractivity contribution >= 4 is 11.6 Å². The number of anilines is 1. The second-order valence-electron chi connectivity index (χ2n) is 6.22. The van der Waals surface area contributed by atoms with Gasteiger partial charge in [0.1, 0.15) is 11.6 Å². The van der Waals surface area contributed by atoms with Crippen LogP contribution in [0.25, 0.3) is 0 Å². The number of nitrogens with zero attached hydrogens (tertiary/aromatic N) is 1. The number of hydrogen-bond acceptors (Lipinski definition) is 4. The number of aliphatic hydroxyl groups excluding tert-OH is 1. The molecule has 2 aromatic rings. The lowest BCUT2D eigenvalue weighted by atomic mass is 10.0. The molecule has 0 unspecified atom stereocenters. The molecule has 1 heterocycles. The number of halogens is 1. The first-order valence-electron chi connectivity index (χ1n) is 8.31. The SMILES string of the molecule is O=C(NC1CCN(c2cccc(F)c2)CC1)c1ccc(O)c(CO)c1. The van der Waals surface area contributed by atoms with Crippen LogP contribution < -0.4 is 10.2 Å². The Hall–Kier alpha value is -2.60. The molecule has 1 amide bonds. The molecule has 0 bridgehead atoms. The smallest absolute Gasteiger partial charge is 0.251 e. The maximum atomic E-state index is 13.3. The van der Waals surface area contributed by atoms with E-state index < -0.39 is 0 Å². The Labute approximate surface area is 145 Å². The van der Waals surface area contributed by atoms with Gasteiger partial charge in [0.25, 0.3) is 5.91 Å². The highest BCUT2D eigenvalue weighted by molar-refractivity contribution is 5.94. The number of carbonyl (C=O) groups is 1. The number of piperidine rings is 1. The van der Waals surface area contributed by atoms with Crippen LogP contribution >= 0.6 is 0 Å². The minimum atomic E-state index is -0.320. The van der Waals surface area contributed by atoms with E-state index >= 15 is 0 Å². The van der Waals surface area contributed by atoms with E-state index in [9.17, 15) is 19.4 Å². The summed E-state index contributed by atoms with van der Waals surface area (Å²) in [6.45, 7) is 1.16. The molecule has 1 aliphatic heterocycles. The third-order valence-corrected chi connectivity index (χ3v) is 4.52. The van der Waals surface area contributed by atoms with Gasteiger partial charge in [-0.05, 0) is 49.2 Å². The first-order valence-corrected chi connectivity index (χ1v) is 8.31. The van der Waals surface area contributed by atoms with Gasteiger partial charge in [-0.15, -0.1) is 0 Å². The maximum absolute atomic E-state index is 13.3. The number of phenols is 1. The molecule has 25 heavy (non-hydrogen) atoms. The molecule has 0 spiro atoms. The standard InChI is InChI=1S/C19H21FN2O3/c20-15-2-1-3-17(11-15)22-8-6-16(7-9-22)21-19(25)13-4-5-18(24)14(10-13)12-23/h1-5,10-11,16,23-24H,6-9,12H2,(H,21,25). The van der Waals surface area contributed by atoms with E-state index in [0.29, 0.717) is 11.1 Å². The van der Waals surface area contributed by atoms with Crippen molar-refractivity contribution in [2.45, 2.75) is 25.5 Å². The summed E-state index contributed by atoms with van der Waals surface area (Å²) in [5, 5.41) is 21.7. The molecule has 1 saturated heterocycles. The lowest BCUT2D eigenvalue weighted by molar-refractivity contribution is 0.0931. The summed E-state index contributed by atoms with van der Waals surface area (Å²) in [5.41, 5.74) is 1.60. The van der Waals surface area contributed by atoms with E-state index in [0.717, 1.165) is 31.6 Å². The topological polar surface area (TPSA) is 72.8 Å². The molecule has 0 radical (unpaired) electrons. The van der Waals surface area contributed by atoms with E-state index in [2.05, 4.69) is 10.2 Å². The third kappa shape index (κ3) is 4.09. The Kier molecular flexibility index (Phi) is 5.19. The Morgan fingerprint density at radius 2 is 1.96 bits per heavy atom. The van der Waals surface area contributed by atoms with Gasteiger partial charge < -0.3 is 20.4 Å². The normalized spacial score (nSPS) is 15.2. The molecule has 3 rings (SSSR count). The van der Waals surface area contributed by atoms with Gasteiger partial charge in [-0.2, -0.15) is 0 Å². The number of aromatic hydroxyl groups is 1. The number of amides is 1. The second-order valence-corrected chi connectivity index (χ2v) is 6.22. The molecule has 5 nitrogen and oxygen atoms in total. The maximum Gasteiger partial charge on any atom is 0.251 e. The van der Waals surface area contributed by atoms with Crippen molar-refractivity contribution in [3.8, 4) is 5.75 Å². The first kappa shape index (κ1) is 17.2. The summed E-state index contributed by atoms with van der Waals surface area (Å²) in [5.74, 6) is -0.499. The number of aliphatic hydroxyl groups is 1. The molecule has 0 aliphatic carbocycles. The zero-order valence-corrected chi connectivity index (χ0v) is 13.8. The molecule has 0 saturated carbocycles. The highest BCUT2D eigenvalue weighted by Crippen LogP contribution is 2.22. The quantitative estimate of drug-likeness (QED) is 0.796. The fraction of sp³-hybridized carbons (Fsp3) is 0.316. The van der Waals surface area contributed by atoms with Crippen molar-refractivity contribution in [1.82, 2.24) is 5.32 Å². The van der Waals surface area contributed by atoms with Crippen LogP contribution in [0, 0.1) is 5.82 Å². The average Bonchev–Trinajstić information content (AvgIpc) is 2.62. The van der Waals surface area contributed by atoms with Gasteiger partial charge in [0.15, 0.2) is 0 Å². The van der Waals surface area contributed by atoms with Crippen LogP contribution in [-0.4, -0.2) is 35.3 Å². The molecule has 1 aliphatic rings. The summed E-state index contributed by atoms with van der Waals surface area (Å²) in [6, 6.07) is 11.0. The molecular weight excluding hydrogens is 323 g/mol. The monoisotopic (exact) mass is 344 g/mol. The van der Waals surface area contributed by atoms with Crippen molar-refractivity contribution in [2.75, 3.05) is 18.0 Å².